The number of halogens is 1. The van der Waals surface area contributed by atoms with Crippen LogP contribution in [0.25, 0.3) is 22.6 Å². The molecule has 2 aliphatic heterocycles. The van der Waals surface area contributed by atoms with Crippen LogP contribution < -0.4 is 11.2 Å². The Morgan fingerprint density at radius 2 is 1.72 bits per heavy atom. The van der Waals surface area contributed by atoms with Crippen molar-refractivity contribution in [3.8, 4) is 11.5 Å². The van der Waals surface area contributed by atoms with Crippen LogP contribution in [0.15, 0.2) is 21.7 Å². The Morgan fingerprint density at radius 3 is 2.34 bits per heavy atom. The Kier molecular flexibility index (Phi) is 7.89. The van der Waals surface area contributed by atoms with Gasteiger partial charge in [-0.05, 0) is 37.1 Å². The predicted octanol–water partition coefficient (Wildman–Crippen LogP) is -1.04. The molecule has 5 N–H and O–H groups in total. The Morgan fingerprint density at radius 1 is 1.10 bits per heavy atom. The molecule has 2 aliphatic rings. The van der Waals surface area contributed by atoms with Gasteiger partial charge in [0, 0.05) is 0 Å². The number of aryl methyl sites for hydroxylation is 2. The van der Waals surface area contributed by atoms with Crippen LogP contribution in [-0.2, 0) is 21.6 Å². The fourth-order valence-electron chi connectivity index (χ4n) is 2.89. The van der Waals surface area contributed by atoms with Crippen LogP contribution in [0.4, 0.5) is 0 Å². The molecule has 12 heteroatoms. The van der Waals surface area contributed by atoms with Gasteiger partial charge in [-0.15, -0.1) is 0 Å². The molecule has 158 valence electrons. The molecular weight excluding hydrogens is 447 g/mol. The van der Waals surface area contributed by atoms with Crippen molar-refractivity contribution in [2.75, 3.05) is 6.61 Å². The zero-order chi connectivity index (χ0) is 21.9. The van der Waals surface area contributed by atoms with Crippen molar-refractivity contribution in [3.63, 3.8) is 0 Å². The summed E-state index contributed by atoms with van der Waals surface area (Å²) in [5.41, 5.74) is 1.11. The number of aliphatic hydroxyl groups excluding tert-OH is 4. The van der Waals surface area contributed by atoms with Crippen LogP contribution in [0, 0.1) is 13.8 Å². The van der Waals surface area contributed by atoms with Crippen LogP contribution in [0.1, 0.15) is 11.1 Å². The molecule has 0 amide bonds. The molecule has 3 rings (SSSR count). The number of hydrogen-bond donors (Lipinski definition) is 5. The molecule has 0 radical (unpaired) electrons. The summed E-state index contributed by atoms with van der Waals surface area (Å²) in [5.74, 6) is -0.0516. The molecule has 3 atom stereocenters. The fraction of sp³-hybridized carbons (Fsp3) is 0.412. The number of nitrogens with one attached hydrogen (secondary N) is 1. The average molecular weight is 467 g/mol. The minimum atomic E-state index is -1.64. The Labute approximate surface area is 177 Å². The molecule has 0 bridgehead atoms. The van der Waals surface area contributed by atoms with E-state index in [2.05, 4.69) is 40.2 Å². The number of H-pyrrole nitrogens is 1. The summed E-state index contributed by atoms with van der Waals surface area (Å²) in [5, 5.41) is 38.8. The van der Waals surface area contributed by atoms with Gasteiger partial charge in [-0.2, -0.15) is 4.98 Å². The monoisotopic (exact) mass is 466 g/mol. The number of aromatic nitrogens is 4. The van der Waals surface area contributed by atoms with E-state index in [9.17, 15) is 24.9 Å². The van der Waals surface area contributed by atoms with Gasteiger partial charge in [0.15, 0.2) is 11.5 Å². The van der Waals surface area contributed by atoms with Gasteiger partial charge in [0.1, 0.15) is 18.3 Å². The molecule has 0 unspecified atom stereocenters. The van der Waals surface area contributed by atoms with Gasteiger partial charge in [0.2, 0.25) is 0 Å². The Hall–Kier alpha value is -1.85. The fourth-order valence-corrected chi connectivity index (χ4v) is 2.89. The predicted molar refractivity (Wildman–Crippen MR) is 101 cm³/mol. The van der Waals surface area contributed by atoms with Crippen LogP contribution in [0.2, 0.25) is 0 Å². The van der Waals surface area contributed by atoms with Gasteiger partial charge in [0.05, 0.1) is 24.2 Å². The van der Waals surface area contributed by atoms with Crippen LogP contribution in [0.3, 0.4) is 0 Å². The minimum absolute atomic E-state index is 0.0516. The second kappa shape index (κ2) is 9.77. The summed E-state index contributed by atoms with van der Waals surface area (Å²) in [4.78, 5) is 34.0. The van der Waals surface area contributed by atoms with Crippen LogP contribution >= 0.6 is 10.1 Å². The summed E-state index contributed by atoms with van der Waals surface area (Å²) < 4.78 is 1.40. The topological polar surface area (TPSA) is 162 Å². The second-order valence-corrected chi connectivity index (χ2v) is 6.50. The normalized spacial score (nSPS) is 14.3. The van der Waals surface area contributed by atoms with E-state index in [0.29, 0.717) is 11.0 Å². The summed E-state index contributed by atoms with van der Waals surface area (Å²) in [7, 11) is 4.45. The van der Waals surface area contributed by atoms with Gasteiger partial charge in [0.25, 0.3) is 5.56 Å². The maximum atomic E-state index is 12.2. The first kappa shape index (κ1) is 23.4. The third kappa shape index (κ3) is 4.84. The van der Waals surface area contributed by atoms with E-state index < -0.39 is 36.2 Å². The van der Waals surface area contributed by atoms with Gasteiger partial charge < -0.3 is 25.0 Å². The van der Waals surface area contributed by atoms with E-state index in [0.717, 1.165) is 11.1 Å². The van der Waals surface area contributed by atoms with Gasteiger partial charge in [-0.3, -0.25) is 9.78 Å². The molecule has 2 heterocycles. The first-order chi connectivity index (χ1) is 13.7. The molecule has 0 saturated carbocycles. The molecule has 0 fully saturated rings. The maximum absolute atomic E-state index is 12.2. The average Bonchev–Trinajstić information content (AvgIpc) is 2.70. The van der Waals surface area contributed by atoms with Crippen molar-refractivity contribution < 1.29 is 35.5 Å². The summed E-state index contributed by atoms with van der Waals surface area (Å²) >= 11 is 2.41. The Balaban J connectivity index is 0.00000145. The SMILES string of the molecule is Cc1cc2nc3c(=O)[nH]c(=O)nc-3n(C[C@H](O)[C@H](O)[C@H](O)CO)c2cc1C.[Cl][Mn]. The number of rotatable bonds is 5. The molecule has 1 aromatic carbocycles. The molecular formula is C17H20ClMnN4O6. The number of nitrogens with zero attached hydrogens (tertiary/aromatic N) is 3. The second-order valence-electron chi connectivity index (χ2n) is 6.50. The standard InChI is InChI=1S/C17H20N4O6.ClH.Mn/c1-7-3-9-10(4-8(7)2)21(5-11(23)14(25)12(24)6-22)15-13(18-9)16(26)20-17(27)19-15;;/h3-4,11-12,14,22-25H,5-6H2,1-2H3,(H,20,26,27);1H;/q;;+1/p-1/t11-,12+,14-;;/m0../s1. The quantitative estimate of drug-likeness (QED) is 0.235. The third-order valence-electron chi connectivity index (χ3n) is 4.57. The van der Waals surface area contributed by atoms with E-state index in [1.54, 1.807) is 12.1 Å². The zero-order valence-corrected chi connectivity index (χ0v) is 17.4. The molecule has 0 saturated heterocycles. The van der Waals surface area contributed by atoms with Gasteiger partial charge in [-0.1, -0.05) is 0 Å². The van der Waals surface area contributed by atoms with Gasteiger partial charge >= 0.3 is 30.9 Å². The van der Waals surface area contributed by atoms with E-state index in [4.69, 9.17) is 5.11 Å². The number of aromatic amines is 1. The first-order valence-electron chi connectivity index (χ1n) is 8.44. The first-order valence-corrected chi connectivity index (χ1v) is 10.1. The van der Waals surface area contributed by atoms with E-state index in [-0.39, 0.29) is 18.1 Å². The summed E-state index contributed by atoms with van der Waals surface area (Å²) in [6.45, 7) is 2.73. The van der Waals surface area contributed by atoms with Crippen molar-refractivity contribution in [3.05, 3.63) is 44.1 Å². The van der Waals surface area contributed by atoms with Crippen molar-refractivity contribution in [1.82, 2.24) is 19.5 Å². The summed E-state index contributed by atoms with van der Waals surface area (Å²) in [6.07, 6.45) is -4.68. The number of benzene rings is 1. The van der Waals surface area contributed by atoms with Crippen LogP contribution in [0.5, 0.6) is 0 Å². The molecule has 29 heavy (non-hydrogen) atoms. The third-order valence-corrected chi connectivity index (χ3v) is 4.57. The van der Waals surface area contributed by atoms with Crippen molar-refractivity contribution in [2.24, 2.45) is 0 Å². The molecule has 0 spiro atoms. The van der Waals surface area contributed by atoms with Crippen molar-refractivity contribution in [2.45, 2.75) is 38.7 Å². The molecule has 0 aliphatic carbocycles. The molecule has 10 nitrogen and oxygen atoms in total. The Bertz CT molecular complexity index is 1090. The van der Waals surface area contributed by atoms with Crippen molar-refractivity contribution >= 4 is 21.1 Å². The summed E-state index contributed by atoms with van der Waals surface area (Å²) in [6, 6.07) is 3.53. The van der Waals surface area contributed by atoms with Gasteiger partial charge in [-0.25, -0.2) is 9.78 Å². The number of hydrogen-bond acceptors (Lipinski definition) is 8. The van der Waals surface area contributed by atoms with E-state index >= 15 is 0 Å². The molecule has 1 aromatic rings. The number of fused-ring (bicyclic) bond motifs is 2. The molecule has 0 aromatic heterocycles. The van der Waals surface area contributed by atoms with Crippen molar-refractivity contribution in [1.29, 1.82) is 0 Å². The van der Waals surface area contributed by atoms with E-state index in [1.165, 1.54) is 4.57 Å². The zero-order valence-electron chi connectivity index (χ0n) is 15.5. The number of aliphatic hydroxyl groups is 4. The van der Waals surface area contributed by atoms with Crippen LogP contribution in [-0.4, -0.2) is 64.9 Å². The van der Waals surface area contributed by atoms with E-state index in [1.807, 2.05) is 13.8 Å².